The van der Waals surface area contributed by atoms with Crippen LogP contribution in [0.2, 0.25) is 0 Å². The van der Waals surface area contributed by atoms with E-state index in [1.807, 2.05) is 11.3 Å². The molecule has 0 amide bonds. The molecule has 0 N–H and O–H groups in total. The van der Waals surface area contributed by atoms with Crippen molar-refractivity contribution in [2.24, 2.45) is 0 Å². The Kier molecular flexibility index (Phi) is 6.86. The summed E-state index contributed by atoms with van der Waals surface area (Å²) in [5.41, 5.74) is 10.00. The second kappa shape index (κ2) is 12.1. The van der Waals surface area contributed by atoms with E-state index in [0.717, 1.165) is 0 Å². The lowest BCUT2D eigenvalue weighted by Crippen LogP contribution is -2.05. The number of hydrogen-bond donors (Lipinski definition) is 0. The summed E-state index contributed by atoms with van der Waals surface area (Å²) in [6, 6.07) is 71.9. The summed E-state index contributed by atoms with van der Waals surface area (Å²) in [7, 11) is 0. The van der Waals surface area contributed by atoms with E-state index in [9.17, 15) is 0 Å². The number of aromatic nitrogens is 1. The molecule has 0 spiro atoms. The van der Waals surface area contributed by atoms with Crippen LogP contribution in [0, 0.1) is 0 Å². The lowest BCUT2D eigenvalue weighted by atomic mass is 9.81. The van der Waals surface area contributed by atoms with Gasteiger partial charge < -0.3 is 4.57 Å². The maximum atomic E-state index is 2.49. The Hall–Kier alpha value is -6.48. The van der Waals surface area contributed by atoms with E-state index < -0.39 is 0 Å². The predicted molar refractivity (Wildman–Crippen MR) is 228 cm³/mol. The zero-order valence-electron chi connectivity index (χ0n) is 28.9. The van der Waals surface area contributed by atoms with Crippen molar-refractivity contribution >= 4 is 74.9 Å². The van der Waals surface area contributed by atoms with Crippen LogP contribution in [0.1, 0.15) is 22.6 Å². The van der Waals surface area contributed by atoms with Gasteiger partial charge >= 0.3 is 0 Å². The second-order valence-corrected chi connectivity index (χ2v) is 15.1. The first kappa shape index (κ1) is 30.2. The van der Waals surface area contributed by atoms with Crippen LogP contribution in [0.15, 0.2) is 194 Å². The third-order valence-corrected chi connectivity index (χ3v) is 12.2. The van der Waals surface area contributed by atoms with Gasteiger partial charge in [0.25, 0.3) is 0 Å². The van der Waals surface area contributed by atoms with Crippen LogP contribution in [0.25, 0.3) is 80.3 Å². The van der Waals surface area contributed by atoms with Crippen LogP contribution in [0.5, 0.6) is 0 Å². The number of hydrogen-bond acceptors (Lipinski definition) is 1. The first-order valence-corrected chi connectivity index (χ1v) is 19.1. The highest BCUT2D eigenvalue weighted by Crippen LogP contribution is 2.44. The molecule has 2 heteroatoms. The second-order valence-electron chi connectivity index (χ2n) is 14.1. The summed E-state index contributed by atoms with van der Waals surface area (Å²) in [6.45, 7) is 0. The van der Waals surface area contributed by atoms with Gasteiger partial charge in [0.15, 0.2) is 0 Å². The highest BCUT2D eigenvalue weighted by molar-refractivity contribution is 7.25. The van der Waals surface area contributed by atoms with Crippen molar-refractivity contribution in [2.45, 2.75) is 5.92 Å². The summed E-state index contributed by atoms with van der Waals surface area (Å²) >= 11 is 1.89. The van der Waals surface area contributed by atoms with Crippen molar-refractivity contribution in [1.82, 2.24) is 4.57 Å². The molecule has 0 saturated heterocycles. The fourth-order valence-electron chi connectivity index (χ4n) is 8.68. The van der Waals surface area contributed by atoms with Crippen LogP contribution in [0.4, 0.5) is 0 Å². The zero-order chi connectivity index (χ0) is 34.9. The van der Waals surface area contributed by atoms with Gasteiger partial charge in [-0.15, -0.1) is 11.3 Å². The molecule has 1 atom stereocenters. The number of rotatable bonds is 5. The standard InChI is InChI=1S/C51H33NS/c1-2-13-34(14-3-1)40-17-8-9-20-44(40)50(38-23-27-43-42-19-10-11-21-48(42)53-49(43)32-38)37-25-28-46-45(31-37)51-41-18-7-6-15-35(41)24-29-47(51)52(46)39-26-22-33-12-4-5-16-36(33)30-39/h1-32,50H. The molecule has 1 unspecified atom stereocenters. The van der Waals surface area contributed by atoms with Gasteiger partial charge in [0, 0.05) is 42.6 Å². The minimum Gasteiger partial charge on any atom is -0.309 e. The SMILES string of the molecule is c1ccc(-c2ccccc2C(c2ccc3c(c2)sc2ccccc23)c2ccc3c(c2)c2c4ccccc4ccc2n3-c2ccc3ccccc3c2)cc1. The van der Waals surface area contributed by atoms with Crippen LogP contribution in [-0.2, 0) is 0 Å². The van der Waals surface area contributed by atoms with Crippen molar-refractivity contribution < 1.29 is 0 Å². The molecule has 11 rings (SSSR count). The molecule has 0 aliphatic heterocycles. The Labute approximate surface area is 311 Å². The number of fused-ring (bicyclic) bond motifs is 9. The van der Waals surface area contributed by atoms with E-state index >= 15 is 0 Å². The van der Waals surface area contributed by atoms with Gasteiger partial charge in [-0.3, -0.25) is 0 Å². The van der Waals surface area contributed by atoms with Crippen LogP contribution >= 0.6 is 11.3 Å². The van der Waals surface area contributed by atoms with Gasteiger partial charge in [-0.1, -0.05) is 152 Å². The smallest absolute Gasteiger partial charge is 0.0547 e. The molecule has 1 nitrogen and oxygen atoms in total. The molecule has 0 bridgehead atoms. The van der Waals surface area contributed by atoms with Crippen LogP contribution in [0.3, 0.4) is 0 Å². The summed E-state index contributed by atoms with van der Waals surface area (Å²) in [5, 5.41) is 10.2. The third-order valence-electron chi connectivity index (χ3n) is 11.1. The van der Waals surface area contributed by atoms with E-state index in [1.165, 1.54) is 97.0 Å². The van der Waals surface area contributed by atoms with Crippen LogP contribution in [-0.4, -0.2) is 4.57 Å². The Balaban J connectivity index is 1.21. The van der Waals surface area contributed by atoms with Crippen molar-refractivity contribution in [1.29, 1.82) is 0 Å². The van der Waals surface area contributed by atoms with Gasteiger partial charge in [0.05, 0.1) is 11.0 Å². The van der Waals surface area contributed by atoms with Crippen molar-refractivity contribution in [3.63, 3.8) is 0 Å². The van der Waals surface area contributed by atoms with E-state index in [-0.39, 0.29) is 5.92 Å². The summed E-state index contributed by atoms with van der Waals surface area (Å²) in [6.07, 6.45) is 0. The lowest BCUT2D eigenvalue weighted by molar-refractivity contribution is 0.985. The van der Waals surface area contributed by atoms with Gasteiger partial charge in [0.2, 0.25) is 0 Å². The average Bonchev–Trinajstić information content (AvgIpc) is 3.76. The molecule has 0 fully saturated rings. The highest BCUT2D eigenvalue weighted by atomic mass is 32.1. The molecule has 9 aromatic carbocycles. The van der Waals surface area contributed by atoms with Crippen molar-refractivity contribution in [2.75, 3.05) is 0 Å². The highest BCUT2D eigenvalue weighted by Gasteiger charge is 2.24. The molecule has 2 heterocycles. The molecule has 0 aliphatic carbocycles. The zero-order valence-corrected chi connectivity index (χ0v) is 29.7. The molecule has 0 radical (unpaired) electrons. The van der Waals surface area contributed by atoms with Crippen molar-refractivity contribution in [3.05, 3.63) is 211 Å². The maximum Gasteiger partial charge on any atom is 0.0547 e. The fourth-order valence-corrected chi connectivity index (χ4v) is 9.84. The molecule has 248 valence electrons. The summed E-state index contributed by atoms with van der Waals surface area (Å²) in [5.74, 6) is 0.0134. The van der Waals surface area contributed by atoms with Gasteiger partial charge in [-0.05, 0) is 91.8 Å². The predicted octanol–water partition coefficient (Wildman–Crippen LogP) is 14.3. The summed E-state index contributed by atoms with van der Waals surface area (Å²) < 4.78 is 5.12. The number of thiophene rings is 1. The number of nitrogens with zero attached hydrogens (tertiary/aromatic N) is 1. The first-order chi connectivity index (χ1) is 26.3. The molecular weight excluding hydrogens is 659 g/mol. The number of benzene rings is 9. The van der Waals surface area contributed by atoms with Gasteiger partial charge in [-0.25, -0.2) is 0 Å². The largest absolute Gasteiger partial charge is 0.309 e. The van der Waals surface area contributed by atoms with E-state index in [4.69, 9.17) is 0 Å². The molecule has 0 saturated carbocycles. The molecule has 11 aromatic rings. The van der Waals surface area contributed by atoms with Gasteiger partial charge in [-0.2, -0.15) is 0 Å². The first-order valence-electron chi connectivity index (χ1n) is 18.3. The average molecular weight is 692 g/mol. The topological polar surface area (TPSA) is 4.93 Å². The maximum absolute atomic E-state index is 2.49. The normalized spacial score (nSPS) is 12.5. The molecule has 2 aromatic heterocycles. The quantitative estimate of drug-likeness (QED) is 0.158. The van der Waals surface area contributed by atoms with E-state index in [1.54, 1.807) is 0 Å². The van der Waals surface area contributed by atoms with Crippen LogP contribution < -0.4 is 0 Å². The van der Waals surface area contributed by atoms with E-state index in [0.29, 0.717) is 0 Å². The van der Waals surface area contributed by atoms with Crippen molar-refractivity contribution in [3.8, 4) is 16.8 Å². The molecule has 53 heavy (non-hydrogen) atoms. The van der Waals surface area contributed by atoms with Gasteiger partial charge in [0.1, 0.15) is 0 Å². The molecular formula is C51H33NS. The van der Waals surface area contributed by atoms with E-state index in [2.05, 4.69) is 199 Å². The Morgan fingerprint density at radius 3 is 1.96 bits per heavy atom. The third kappa shape index (κ3) is 4.84. The minimum absolute atomic E-state index is 0.0134. The minimum atomic E-state index is 0.0134. The summed E-state index contributed by atoms with van der Waals surface area (Å²) in [4.78, 5) is 0. The molecule has 0 aliphatic rings. The fraction of sp³-hybridized carbons (Fsp3) is 0.0196. The Morgan fingerprint density at radius 2 is 1.06 bits per heavy atom. The monoisotopic (exact) mass is 691 g/mol. The Bertz CT molecular complexity index is 3180. The Morgan fingerprint density at radius 1 is 0.396 bits per heavy atom. The lowest BCUT2D eigenvalue weighted by Gasteiger charge is -2.23.